The largest absolute Gasteiger partial charge is 0.442 e. The number of hydrogen-bond donors (Lipinski definition) is 0. The number of hydrogen-bond acceptors (Lipinski definition) is 5. The number of carbonyl (C=O) groups excluding carboxylic acids is 2. The maximum Gasteiger partial charge on any atom is 0.410 e. The Morgan fingerprint density at radius 1 is 1.21 bits per heavy atom. The minimum absolute atomic E-state index is 0.00707. The summed E-state index contributed by atoms with van der Waals surface area (Å²) in [5.41, 5.74) is 2.24. The summed E-state index contributed by atoms with van der Waals surface area (Å²) >= 11 is 0. The van der Waals surface area contributed by atoms with Crippen LogP contribution in [0, 0.1) is 0 Å². The molecule has 0 spiro atoms. The standard InChI is InChI=1S/C22H26N4O3/c1-15(27)25-13-20-21(14-25)29-22(28)26(20)18-6-8-24(9-7-18)12-16-10-17-4-2-3-5-19(17)23-11-16/h2-5,10-11,18,20-21H,6-9,12-14H2,1H3/t20-,21+/m1/s1. The molecule has 3 fully saturated rings. The van der Waals surface area contributed by atoms with Crippen molar-refractivity contribution in [2.75, 3.05) is 26.2 Å². The van der Waals surface area contributed by atoms with Crippen molar-refractivity contribution in [3.8, 4) is 0 Å². The topological polar surface area (TPSA) is 66.0 Å². The number of para-hydroxylation sites is 1. The number of fused-ring (bicyclic) bond motifs is 2. The maximum atomic E-state index is 12.4. The van der Waals surface area contributed by atoms with Crippen LogP contribution in [0.4, 0.5) is 4.79 Å². The summed E-state index contributed by atoms with van der Waals surface area (Å²) < 4.78 is 5.57. The van der Waals surface area contributed by atoms with Crippen molar-refractivity contribution in [3.05, 3.63) is 42.1 Å². The SMILES string of the molecule is CC(=O)N1C[C@@H]2OC(=O)N(C3CCN(Cc4cnc5ccccc5c4)CC3)[C@@H]2C1. The molecule has 3 aliphatic heterocycles. The molecule has 3 aliphatic rings. The molecule has 152 valence electrons. The van der Waals surface area contributed by atoms with Crippen LogP contribution < -0.4 is 0 Å². The molecule has 0 aliphatic carbocycles. The van der Waals surface area contributed by atoms with E-state index in [0.29, 0.717) is 13.1 Å². The van der Waals surface area contributed by atoms with Gasteiger partial charge in [0.2, 0.25) is 5.91 Å². The molecule has 0 N–H and O–H groups in total. The normalized spacial score (nSPS) is 25.5. The van der Waals surface area contributed by atoms with Gasteiger partial charge in [-0.25, -0.2) is 4.79 Å². The van der Waals surface area contributed by atoms with Crippen molar-refractivity contribution >= 4 is 22.9 Å². The monoisotopic (exact) mass is 394 g/mol. The van der Waals surface area contributed by atoms with Gasteiger partial charge in [0.25, 0.3) is 0 Å². The molecule has 7 heteroatoms. The molecule has 1 aromatic heterocycles. The van der Waals surface area contributed by atoms with E-state index < -0.39 is 0 Å². The second kappa shape index (κ2) is 7.30. The molecule has 0 bridgehead atoms. The number of carbonyl (C=O) groups is 2. The van der Waals surface area contributed by atoms with Gasteiger partial charge in [0.05, 0.1) is 18.1 Å². The molecule has 2 atom stereocenters. The molecule has 4 heterocycles. The predicted octanol–water partition coefficient (Wildman–Crippen LogP) is 2.25. The van der Waals surface area contributed by atoms with Crippen molar-refractivity contribution in [2.24, 2.45) is 0 Å². The Bertz CT molecular complexity index is 941. The van der Waals surface area contributed by atoms with E-state index >= 15 is 0 Å². The number of piperidine rings is 1. The number of nitrogens with zero attached hydrogens (tertiary/aromatic N) is 4. The highest BCUT2D eigenvalue weighted by Gasteiger charge is 2.50. The van der Waals surface area contributed by atoms with Crippen LogP contribution in [0.2, 0.25) is 0 Å². The quantitative estimate of drug-likeness (QED) is 0.799. The Hall–Kier alpha value is -2.67. The molecule has 0 radical (unpaired) electrons. The lowest BCUT2D eigenvalue weighted by Crippen LogP contribution is -2.50. The minimum Gasteiger partial charge on any atom is -0.442 e. The molecule has 29 heavy (non-hydrogen) atoms. The van der Waals surface area contributed by atoms with Crippen LogP contribution in [0.1, 0.15) is 25.3 Å². The van der Waals surface area contributed by atoms with Crippen LogP contribution in [0.3, 0.4) is 0 Å². The number of pyridine rings is 1. The van der Waals surface area contributed by atoms with Gasteiger partial charge in [0.1, 0.15) is 6.10 Å². The summed E-state index contributed by atoms with van der Waals surface area (Å²) in [5.74, 6) is 0.0502. The number of ether oxygens (including phenoxy) is 1. The van der Waals surface area contributed by atoms with Crippen molar-refractivity contribution in [2.45, 2.75) is 44.5 Å². The fourth-order valence-electron chi connectivity index (χ4n) is 4.96. The Balaban J connectivity index is 1.21. The first-order valence-electron chi connectivity index (χ1n) is 10.4. The van der Waals surface area contributed by atoms with Crippen LogP contribution in [0.5, 0.6) is 0 Å². The van der Waals surface area contributed by atoms with Gasteiger partial charge >= 0.3 is 6.09 Å². The highest BCUT2D eigenvalue weighted by atomic mass is 16.6. The molecule has 7 nitrogen and oxygen atoms in total. The maximum absolute atomic E-state index is 12.4. The first-order valence-corrected chi connectivity index (χ1v) is 10.4. The van der Waals surface area contributed by atoms with Gasteiger partial charge in [0, 0.05) is 50.7 Å². The Kier molecular flexibility index (Phi) is 4.62. The summed E-state index contributed by atoms with van der Waals surface area (Å²) in [6.45, 7) is 5.45. The highest BCUT2D eigenvalue weighted by molar-refractivity contribution is 5.78. The lowest BCUT2D eigenvalue weighted by atomic mass is 10.0. The summed E-state index contributed by atoms with van der Waals surface area (Å²) in [6.07, 6.45) is 3.44. The average molecular weight is 394 g/mol. The van der Waals surface area contributed by atoms with E-state index in [2.05, 4.69) is 22.0 Å². The van der Waals surface area contributed by atoms with Crippen LogP contribution in [-0.4, -0.2) is 76.1 Å². The molecular formula is C22H26N4O3. The summed E-state index contributed by atoms with van der Waals surface area (Å²) in [4.78, 5) is 34.8. The predicted molar refractivity (Wildman–Crippen MR) is 108 cm³/mol. The van der Waals surface area contributed by atoms with Crippen molar-refractivity contribution in [1.29, 1.82) is 0 Å². The van der Waals surface area contributed by atoms with Gasteiger partial charge in [-0.3, -0.25) is 19.6 Å². The first kappa shape index (κ1) is 18.4. The van der Waals surface area contributed by atoms with Gasteiger partial charge in [-0.1, -0.05) is 18.2 Å². The lowest BCUT2D eigenvalue weighted by Gasteiger charge is -2.37. The molecule has 2 aromatic rings. The number of likely N-dealkylation sites (tertiary alicyclic amines) is 2. The van der Waals surface area contributed by atoms with E-state index in [0.717, 1.165) is 38.0 Å². The third kappa shape index (κ3) is 3.44. The highest BCUT2D eigenvalue weighted by Crippen LogP contribution is 2.32. The fraction of sp³-hybridized carbons (Fsp3) is 0.500. The van der Waals surface area contributed by atoms with Crippen LogP contribution in [-0.2, 0) is 16.1 Å². The lowest BCUT2D eigenvalue weighted by molar-refractivity contribution is -0.128. The Morgan fingerprint density at radius 2 is 2.00 bits per heavy atom. The van der Waals surface area contributed by atoms with E-state index in [1.54, 1.807) is 11.8 Å². The zero-order valence-corrected chi connectivity index (χ0v) is 16.7. The first-order chi connectivity index (χ1) is 14.1. The zero-order valence-electron chi connectivity index (χ0n) is 16.7. The number of amides is 2. The average Bonchev–Trinajstić information content (AvgIpc) is 3.26. The van der Waals surface area contributed by atoms with Gasteiger partial charge in [0.15, 0.2) is 0 Å². The summed E-state index contributed by atoms with van der Waals surface area (Å²) in [5, 5.41) is 1.17. The molecule has 3 saturated heterocycles. The van der Waals surface area contributed by atoms with Gasteiger partial charge < -0.3 is 9.64 Å². The Labute approximate surface area is 170 Å². The number of rotatable bonds is 3. The van der Waals surface area contributed by atoms with Crippen LogP contribution >= 0.6 is 0 Å². The summed E-state index contributed by atoms with van der Waals surface area (Å²) in [6, 6.07) is 10.6. The minimum atomic E-state index is -0.208. The molecule has 0 saturated carbocycles. The van der Waals surface area contributed by atoms with Gasteiger partial charge in [-0.2, -0.15) is 0 Å². The summed E-state index contributed by atoms with van der Waals surface area (Å²) in [7, 11) is 0. The van der Waals surface area contributed by atoms with E-state index in [4.69, 9.17) is 4.74 Å². The van der Waals surface area contributed by atoms with Gasteiger partial charge in [-0.05, 0) is 30.5 Å². The second-order valence-corrected chi connectivity index (χ2v) is 8.36. The van der Waals surface area contributed by atoms with Crippen LogP contribution in [0.25, 0.3) is 10.9 Å². The Morgan fingerprint density at radius 3 is 2.79 bits per heavy atom. The number of aromatic nitrogens is 1. The smallest absolute Gasteiger partial charge is 0.410 e. The van der Waals surface area contributed by atoms with E-state index in [1.165, 1.54) is 10.9 Å². The van der Waals surface area contributed by atoms with Crippen molar-refractivity contribution in [3.63, 3.8) is 0 Å². The third-order valence-electron chi connectivity index (χ3n) is 6.51. The van der Waals surface area contributed by atoms with Crippen LogP contribution in [0.15, 0.2) is 36.5 Å². The van der Waals surface area contributed by atoms with Gasteiger partial charge in [-0.15, -0.1) is 0 Å². The van der Waals surface area contributed by atoms with Crippen molar-refractivity contribution < 1.29 is 14.3 Å². The van der Waals surface area contributed by atoms with Crippen molar-refractivity contribution in [1.82, 2.24) is 19.7 Å². The fourth-order valence-corrected chi connectivity index (χ4v) is 4.96. The third-order valence-corrected chi connectivity index (χ3v) is 6.51. The number of benzene rings is 1. The van der Waals surface area contributed by atoms with E-state index in [-0.39, 0.29) is 30.2 Å². The molecule has 0 unspecified atom stereocenters. The molecular weight excluding hydrogens is 368 g/mol. The van der Waals surface area contributed by atoms with E-state index in [9.17, 15) is 9.59 Å². The zero-order chi connectivity index (χ0) is 20.0. The molecule has 2 amide bonds. The second-order valence-electron chi connectivity index (χ2n) is 8.36. The molecule has 1 aromatic carbocycles. The molecule has 5 rings (SSSR count). The van der Waals surface area contributed by atoms with E-state index in [1.807, 2.05) is 29.3 Å².